The summed E-state index contributed by atoms with van der Waals surface area (Å²) in [5, 5.41) is 5.60. The number of nitrogens with one attached hydrogen (secondary N) is 2. The Bertz CT molecular complexity index is 807. The molecule has 1 heterocycles. The second-order valence-electron chi connectivity index (χ2n) is 6.82. The number of benzene rings is 2. The molecule has 0 radical (unpaired) electrons. The number of imide groups is 1. The van der Waals surface area contributed by atoms with E-state index >= 15 is 0 Å². The Hall–Kier alpha value is -2.41. The highest BCUT2D eigenvalue weighted by atomic mass is 35.5. The highest BCUT2D eigenvalue weighted by Crippen LogP contribution is 2.23. The van der Waals surface area contributed by atoms with Gasteiger partial charge in [-0.25, -0.2) is 4.79 Å². The molecule has 0 bridgehead atoms. The maximum atomic E-state index is 12.8. The molecule has 0 spiro atoms. The molecule has 3 rings (SSSR count). The van der Waals surface area contributed by atoms with Crippen molar-refractivity contribution >= 4 is 23.5 Å². The quantitative estimate of drug-likeness (QED) is 0.809. The number of hydrogen-bond donors (Lipinski definition) is 2. The molecular weight excluding hydrogens is 376 g/mol. The largest absolute Gasteiger partial charge is 0.341 e. The van der Waals surface area contributed by atoms with Gasteiger partial charge in [0, 0.05) is 44.8 Å². The number of urea groups is 1. The van der Waals surface area contributed by atoms with Crippen LogP contribution < -0.4 is 10.6 Å². The van der Waals surface area contributed by atoms with Gasteiger partial charge in [0.25, 0.3) is 0 Å². The van der Waals surface area contributed by atoms with Crippen molar-refractivity contribution in [2.45, 2.75) is 12.6 Å². The maximum absolute atomic E-state index is 12.8. The molecule has 1 atom stereocenters. The Morgan fingerprint density at radius 3 is 2.39 bits per heavy atom. The number of hydrogen-bond acceptors (Lipinski definition) is 4. The van der Waals surface area contributed by atoms with Gasteiger partial charge in [-0.05, 0) is 23.3 Å². The summed E-state index contributed by atoms with van der Waals surface area (Å²) >= 11 is 6.08. The van der Waals surface area contributed by atoms with Crippen LogP contribution in [0.1, 0.15) is 17.2 Å². The summed E-state index contributed by atoms with van der Waals surface area (Å²) in [6.07, 6.45) is 0. The molecule has 2 aromatic carbocycles. The van der Waals surface area contributed by atoms with Crippen LogP contribution in [0, 0.1) is 0 Å². The first-order valence-electron chi connectivity index (χ1n) is 9.35. The minimum atomic E-state index is -0.495. The van der Waals surface area contributed by atoms with Crippen molar-refractivity contribution < 1.29 is 9.59 Å². The SMILES string of the molecule is CNC(=O)NC(=O)[C@@H](c1ccccc1)N1CCN(Cc2cccc(Cl)c2)CC1. The molecule has 0 aliphatic carbocycles. The Labute approximate surface area is 170 Å². The lowest BCUT2D eigenvalue weighted by Crippen LogP contribution is -2.52. The number of amides is 3. The van der Waals surface area contributed by atoms with Crippen LogP contribution in [0.2, 0.25) is 5.02 Å². The second-order valence-corrected chi connectivity index (χ2v) is 7.26. The molecule has 0 saturated carbocycles. The van der Waals surface area contributed by atoms with E-state index in [-0.39, 0.29) is 5.91 Å². The Balaban J connectivity index is 1.67. The van der Waals surface area contributed by atoms with Gasteiger partial charge in [-0.15, -0.1) is 0 Å². The van der Waals surface area contributed by atoms with E-state index in [1.165, 1.54) is 12.6 Å². The van der Waals surface area contributed by atoms with Crippen molar-refractivity contribution in [2.75, 3.05) is 33.2 Å². The van der Waals surface area contributed by atoms with E-state index in [2.05, 4.69) is 26.5 Å². The van der Waals surface area contributed by atoms with E-state index < -0.39 is 12.1 Å². The molecule has 1 aliphatic rings. The monoisotopic (exact) mass is 400 g/mol. The van der Waals surface area contributed by atoms with Gasteiger partial charge in [-0.1, -0.05) is 54.1 Å². The predicted molar refractivity (Wildman–Crippen MR) is 110 cm³/mol. The summed E-state index contributed by atoms with van der Waals surface area (Å²) in [7, 11) is 1.49. The van der Waals surface area contributed by atoms with Crippen molar-refractivity contribution in [2.24, 2.45) is 0 Å². The van der Waals surface area contributed by atoms with Crippen LogP contribution >= 0.6 is 11.6 Å². The van der Waals surface area contributed by atoms with Crippen molar-refractivity contribution in [1.29, 1.82) is 0 Å². The average Bonchev–Trinajstić information content (AvgIpc) is 2.70. The first-order valence-corrected chi connectivity index (χ1v) is 9.73. The van der Waals surface area contributed by atoms with Crippen molar-refractivity contribution in [3.8, 4) is 0 Å². The second kappa shape index (κ2) is 9.68. The van der Waals surface area contributed by atoms with Crippen LogP contribution in [-0.2, 0) is 11.3 Å². The average molecular weight is 401 g/mol. The zero-order valence-electron chi connectivity index (χ0n) is 15.9. The lowest BCUT2D eigenvalue weighted by Gasteiger charge is -2.38. The molecule has 7 heteroatoms. The number of carbonyl (C=O) groups is 2. The van der Waals surface area contributed by atoms with Gasteiger partial charge in [-0.3, -0.25) is 19.9 Å². The van der Waals surface area contributed by atoms with Gasteiger partial charge < -0.3 is 5.32 Å². The van der Waals surface area contributed by atoms with Crippen molar-refractivity contribution in [3.63, 3.8) is 0 Å². The molecule has 0 aromatic heterocycles. The molecule has 1 fully saturated rings. The zero-order chi connectivity index (χ0) is 19.9. The van der Waals surface area contributed by atoms with Crippen LogP contribution in [0.25, 0.3) is 0 Å². The number of halogens is 1. The molecule has 148 valence electrons. The number of nitrogens with zero attached hydrogens (tertiary/aromatic N) is 2. The summed E-state index contributed by atoms with van der Waals surface area (Å²) in [4.78, 5) is 28.9. The van der Waals surface area contributed by atoms with E-state index in [1.807, 2.05) is 48.5 Å². The van der Waals surface area contributed by atoms with E-state index in [4.69, 9.17) is 11.6 Å². The fraction of sp³-hybridized carbons (Fsp3) is 0.333. The molecule has 3 amide bonds. The van der Waals surface area contributed by atoms with Crippen LogP contribution in [0.3, 0.4) is 0 Å². The van der Waals surface area contributed by atoms with Gasteiger partial charge in [0.15, 0.2) is 0 Å². The Kier molecular flexibility index (Phi) is 7.03. The summed E-state index contributed by atoms with van der Waals surface area (Å²) in [6, 6.07) is 16.5. The fourth-order valence-corrected chi connectivity index (χ4v) is 3.69. The van der Waals surface area contributed by atoms with Crippen molar-refractivity contribution in [1.82, 2.24) is 20.4 Å². The molecule has 2 N–H and O–H groups in total. The van der Waals surface area contributed by atoms with Crippen LogP contribution in [0.15, 0.2) is 54.6 Å². The van der Waals surface area contributed by atoms with Gasteiger partial charge in [0.1, 0.15) is 6.04 Å². The highest BCUT2D eigenvalue weighted by Gasteiger charge is 2.31. The molecular formula is C21H25ClN4O2. The summed E-state index contributed by atoms with van der Waals surface area (Å²) in [5.41, 5.74) is 2.06. The molecule has 0 unspecified atom stereocenters. The zero-order valence-corrected chi connectivity index (χ0v) is 16.7. The third-order valence-corrected chi connectivity index (χ3v) is 5.13. The van der Waals surface area contributed by atoms with Gasteiger partial charge >= 0.3 is 6.03 Å². The minimum Gasteiger partial charge on any atom is -0.341 e. The number of carbonyl (C=O) groups excluding carboxylic acids is 2. The molecule has 28 heavy (non-hydrogen) atoms. The molecule has 1 aliphatic heterocycles. The molecule has 1 saturated heterocycles. The van der Waals surface area contributed by atoms with Gasteiger partial charge in [-0.2, -0.15) is 0 Å². The summed E-state index contributed by atoms with van der Waals surface area (Å²) in [6.45, 7) is 3.98. The lowest BCUT2D eigenvalue weighted by atomic mass is 10.0. The third kappa shape index (κ3) is 5.32. The predicted octanol–water partition coefficient (Wildman–Crippen LogP) is 2.65. The van der Waals surface area contributed by atoms with Gasteiger partial charge in [0.05, 0.1) is 0 Å². The Morgan fingerprint density at radius 1 is 1.04 bits per heavy atom. The normalized spacial score (nSPS) is 16.4. The third-order valence-electron chi connectivity index (χ3n) is 4.89. The summed E-state index contributed by atoms with van der Waals surface area (Å²) < 4.78 is 0. The standard InChI is InChI=1S/C21H25ClN4O2/c1-23-21(28)24-20(27)19(17-7-3-2-4-8-17)26-12-10-25(11-13-26)15-16-6-5-9-18(22)14-16/h2-9,14,19H,10-13,15H2,1H3,(H2,23,24,27,28)/t19-/m1/s1. The highest BCUT2D eigenvalue weighted by molar-refractivity contribution is 6.30. The van der Waals surface area contributed by atoms with Crippen LogP contribution in [0.5, 0.6) is 0 Å². The van der Waals surface area contributed by atoms with Crippen molar-refractivity contribution in [3.05, 3.63) is 70.7 Å². The summed E-state index contributed by atoms with van der Waals surface area (Å²) in [5.74, 6) is -0.311. The smallest absolute Gasteiger partial charge is 0.321 e. The number of rotatable bonds is 5. The van der Waals surface area contributed by atoms with E-state index in [9.17, 15) is 9.59 Å². The van der Waals surface area contributed by atoms with E-state index in [0.717, 1.165) is 43.3 Å². The first-order chi connectivity index (χ1) is 13.6. The molecule has 2 aromatic rings. The number of piperazine rings is 1. The fourth-order valence-electron chi connectivity index (χ4n) is 3.48. The lowest BCUT2D eigenvalue weighted by molar-refractivity contribution is -0.126. The van der Waals surface area contributed by atoms with Gasteiger partial charge in [0.2, 0.25) is 5.91 Å². The van der Waals surface area contributed by atoms with Crippen LogP contribution in [0.4, 0.5) is 4.79 Å². The van der Waals surface area contributed by atoms with E-state index in [0.29, 0.717) is 0 Å². The maximum Gasteiger partial charge on any atom is 0.321 e. The Morgan fingerprint density at radius 2 is 1.75 bits per heavy atom. The van der Waals surface area contributed by atoms with E-state index in [1.54, 1.807) is 0 Å². The molecule has 6 nitrogen and oxygen atoms in total. The minimum absolute atomic E-state index is 0.311. The first kappa shape index (κ1) is 20.3. The van der Waals surface area contributed by atoms with Crippen LogP contribution in [-0.4, -0.2) is 55.0 Å². The topological polar surface area (TPSA) is 64.7 Å².